The second-order valence-corrected chi connectivity index (χ2v) is 23.1. The third-order valence-corrected chi connectivity index (χ3v) is 15.6. The summed E-state index contributed by atoms with van der Waals surface area (Å²) in [4.78, 5) is 24.5. The summed E-state index contributed by atoms with van der Waals surface area (Å²) in [6.07, 6.45) is 82.1. The lowest BCUT2D eigenvalue weighted by molar-refractivity contribution is -0.143. The Kier molecular flexibility index (Phi) is 63.0. The van der Waals surface area contributed by atoms with Gasteiger partial charge in [-0.05, 0) is 77.0 Å². The average Bonchev–Trinajstić information content (AvgIpc) is 3.41. The van der Waals surface area contributed by atoms with E-state index in [1.165, 1.54) is 295 Å². The van der Waals surface area contributed by atoms with Crippen molar-refractivity contribution in [2.75, 3.05) is 13.2 Å². The van der Waals surface area contributed by atoms with Crippen molar-refractivity contribution >= 4 is 11.9 Å². The van der Waals surface area contributed by atoms with Gasteiger partial charge in [0.15, 0.2) is 0 Å². The predicted octanol–water partition coefficient (Wildman–Crippen LogP) is 21.5. The van der Waals surface area contributed by atoms with Crippen molar-refractivity contribution in [3.05, 3.63) is 36.5 Å². The molecule has 0 fully saturated rings. The first-order chi connectivity index (χ1) is 37.0. The van der Waals surface area contributed by atoms with E-state index in [4.69, 9.17) is 4.74 Å². The lowest BCUT2D eigenvalue weighted by Gasteiger charge is -2.20. The molecule has 0 aliphatic rings. The van der Waals surface area contributed by atoms with Crippen LogP contribution in [0.15, 0.2) is 36.5 Å². The van der Waals surface area contributed by atoms with Crippen LogP contribution in [0.3, 0.4) is 0 Å². The van der Waals surface area contributed by atoms with Gasteiger partial charge in [-0.25, -0.2) is 0 Å². The average molecular weight is 1050 g/mol. The van der Waals surface area contributed by atoms with E-state index in [0.717, 1.165) is 44.9 Å². The van der Waals surface area contributed by atoms with Gasteiger partial charge in [-0.1, -0.05) is 314 Å². The van der Waals surface area contributed by atoms with Crippen molar-refractivity contribution in [2.24, 2.45) is 0 Å². The fraction of sp³-hybridized carbons (Fsp3) is 0.884. The first kappa shape index (κ1) is 73.1. The van der Waals surface area contributed by atoms with Gasteiger partial charge < -0.3 is 20.3 Å². The first-order valence-electron chi connectivity index (χ1n) is 33.8. The number of carbonyl (C=O) groups is 2. The van der Waals surface area contributed by atoms with Crippen molar-refractivity contribution in [3.8, 4) is 0 Å². The number of nitrogens with one attached hydrogen (secondary N) is 1. The van der Waals surface area contributed by atoms with E-state index in [-0.39, 0.29) is 18.5 Å². The molecule has 6 heteroatoms. The summed E-state index contributed by atoms with van der Waals surface area (Å²) in [6, 6.07) is -0.629. The number of aliphatic hydroxyl groups excluding tert-OH is 2. The minimum Gasteiger partial charge on any atom is -0.466 e. The molecular weight excluding hydrogens is 923 g/mol. The van der Waals surface area contributed by atoms with Crippen LogP contribution in [0.25, 0.3) is 0 Å². The number of hydrogen-bond acceptors (Lipinski definition) is 5. The fourth-order valence-electron chi connectivity index (χ4n) is 10.4. The quantitative estimate of drug-likeness (QED) is 0.0320. The maximum Gasteiger partial charge on any atom is 0.305 e. The predicted molar refractivity (Wildman–Crippen MR) is 329 cm³/mol. The van der Waals surface area contributed by atoms with Crippen molar-refractivity contribution in [1.82, 2.24) is 5.32 Å². The number of hydrogen-bond donors (Lipinski definition) is 3. The Bertz CT molecular complexity index is 1210. The largest absolute Gasteiger partial charge is 0.466 e. The highest BCUT2D eigenvalue weighted by molar-refractivity contribution is 5.76. The van der Waals surface area contributed by atoms with Crippen LogP contribution in [-0.2, 0) is 14.3 Å². The van der Waals surface area contributed by atoms with Crippen LogP contribution >= 0.6 is 0 Å². The highest BCUT2D eigenvalue weighted by Gasteiger charge is 2.18. The molecule has 0 aromatic carbocycles. The van der Waals surface area contributed by atoms with Crippen LogP contribution in [0.4, 0.5) is 0 Å². The molecule has 0 heterocycles. The zero-order chi connectivity index (χ0) is 54.3. The zero-order valence-corrected chi connectivity index (χ0v) is 50.5. The maximum atomic E-state index is 12.5. The lowest BCUT2D eigenvalue weighted by Crippen LogP contribution is -2.45. The number of carbonyl (C=O) groups excluding carboxylic acids is 2. The van der Waals surface area contributed by atoms with Crippen LogP contribution in [0.5, 0.6) is 0 Å². The molecule has 3 N–H and O–H groups in total. The smallest absolute Gasteiger partial charge is 0.305 e. The van der Waals surface area contributed by atoms with Gasteiger partial charge in [-0.3, -0.25) is 9.59 Å². The van der Waals surface area contributed by atoms with Crippen molar-refractivity contribution in [2.45, 2.75) is 379 Å². The molecule has 0 bridgehead atoms. The van der Waals surface area contributed by atoms with Crippen LogP contribution < -0.4 is 5.32 Å². The topological polar surface area (TPSA) is 95.9 Å². The van der Waals surface area contributed by atoms with E-state index in [1.54, 1.807) is 6.08 Å². The molecule has 0 saturated heterocycles. The molecule has 75 heavy (non-hydrogen) atoms. The number of rotatable bonds is 63. The number of allylic oxidation sites excluding steroid dienone is 5. The Morgan fingerprint density at radius 3 is 0.987 bits per heavy atom. The van der Waals surface area contributed by atoms with Gasteiger partial charge in [0.2, 0.25) is 5.91 Å². The third-order valence-electron chi connectivity index (χ3n) is 15.6. The number of ether oxygens (including phenoxy) is 1. The summed E-state index contributed by atoms with van der Waals surface area (Å²) in [5.74, 6) is -0.0605. The molecule has 6 nitrogen and oxygen atoms in total. The summed E-state index contributed by atoms with van der Waals surface area (Å²) in [5, 5.41) is 23.2. The van der Waals surface area contributed by atoms with E-state index < -0.39 is 12.1 Å². The van der Waals surface area contributed by atoms with Gasteiger partial charge in [0.1, 0.15) is 0 Å². The van der Waals surface area contributed by atoms with Gasteiger partial charge in [0.05, 0.1) is 25.4 Å². The molecule has 0 saturated carbocycles. The molecule has 0 spiro atoms. The van der Waals surface area contributed by atoms with Crippen molar-refractivity contribution in [1.29, 1.82) is 0 Å². The molecule has 0 rings (SSSR count). The number of amides is 1. The van der Waals surface area contributed by atoms with Crippen LogP contribution in [-0.4, -0.2) is 47.4 Å². The molecule has 1 amide bonds. The van der Waals surface area contributed by atoms with E-state index in [1.807, 2.05) is 6.08 Å². The van der Waals surface area contributed by atoms with Crippen LogP contribution in [0, 0.1) is 0 Å². The molecule has 0 radical (unpaired) electrons. The third kappa shape index (κ3) is 61.2. The second-order valence-electron chi connectivity index (χ2n) is 23.1. The van der Waals surface area contributed by atoms with E-state index >= 15 is 0 Å². The molecule has 0 aliphatic carbocycles. The summed E-state index contributed by atoms with van der Waals surface area (Å²) in [6.45, 7) is 4.89. The van der Waals surface area contributed by atoms with Crippen LogP contribution in [0.1, 0.15) is 367 Å². The van der Waals surface area contributed by atoms with Gasteiger partial charge in [0.25, 0.3) is 0 Å². The van der Waals surface area contributed by atoms with Gasteiger partial charge in [0, 0.05) is 12.8 Å². The summed E-state index contributed by atoms with van der Waals surface area (Å²) >= 11 is 0. The van der Waals surface area contributed by atoms with Crippen molar-refractivity contribution < 1.29 is 24.5 Å². The number of aliphatic hydroxyl groups is 2. The first-order valence-corrected chi connectivity index (χ1v) is 33.8. The SMILES string of the molecule is CCCC/C=C\CCCCCCCC(=O)OCCCCCCCCCCCCCC/C=C\CCCCCCCCCCCCCCC(=O)NC(CO)C(O)/C=C/CCCCCCCCCCCCCCCCCCC. The molecule has 442 valence electrons. The summed E-state index contributed by atoms with van der Waals surface area (Å²) < 4.78 is 5.46. The van der Waals surface area contributed by atoms with Crippen LogP contribution in [0.2, 0.25) is 0 Å². The highest BCUT2D eigenvalue weighted by Crippen LogP contribution is 2.18. The monoisotopic (exact) mass is 1050 g/mol. The fourth-order valence-corrected chi connectivity index (χ4v) is 10.4. The maximum absolute atomic E-state index is 12.5. The van der Waals surface area contributed by atoms with E-state index in [0.29, 0.717) is 19.4 Å². The second kappa shape index (κ2) is 64.6. The Balaban J connectivity index is 3.41. The van der Waals surface area contributed by atoms with Gasteiger partial charge >= 0.3 is 5.97 Å². The minimum absolute atomic E-state index is 0.00449. The molecule has 2 atom stereocenters. The molecule has 0 aromatic rings. The Morgan fingerprint density at radius 1 is 0.360 bits per heavy atom. The Labute approximate surface area is 468 Å². The molecule has 0 aromatic heterocycles. The molecule has 2 unspecified atom stereocenters. The number of esters is 1. The van der Waals surface area contributed by atoms with Gasteiger partial charge in [-0.2, -0.15) is 0 Å². The number of unbranched alkanes of at least 4 members (excludes halogenated alkanes) is 48. The Hall–Kier alpha value is -1.92. The van der Waals surface area contributed by atoms with Crippen molar-refractivity contribution in [3.63, 3.8) is 0 Å². The van der Waals surface area contributed by atoms with Gasteiger partial charge in [-0.15, -0.1) is 0 Å². The standard InChI is InChI=1S/C69H131NO5/c1-3-5-7-9-11-13-15-16-17-18-29-32-35-38-42-45-49-53-57-61-67(72)66(65-71)70-68(73)62-58-54-50-46-43-39-36-33-30-27-25-23-21-19-20-22-24-26-28-31-34-37-40-44-48-52-56-60-64-75-69(74)63-59-55-51-47-41-14-12-10-8-6-4-2/h10,12,19-20,57,61,66-67,71-72H,3-9,11,13-18,21-56,58-60,62-65H2,1-2H3,(H,70,73)/b12-10-,20-19-,61-57+. The summed E-state index contributed by atoms with van der Waals surface area (Å²) in [7, 11) is 0. The Morgan fingerprint density at radius 2 is 0.640 bits per heavy atom. The lowest BCUT2D eigenvalue weighted by atomic mass is 10.0. The summed E-state index contributed by atoms with van der Waals surface area (Å²) in [5.41, 5.74) is 0. The molecular formula is C69H131NO5. The molecule has 0 aliphatic heterocycles. The van der Waals surface area contributed by atoms with E-state index in [2.05, 4.69) is 43.5 Å². The highest BCUT2D eigenvalue weighted by atomic mass is 16.5. The zero-order valence-electron chi connectivity index (χ0n) is 50.5. The normalized spacial score (nSPS) is 12.7. The van der Waals surface area contributed by atoms with E-state index in [9.17, 15) is 19.8 Å². The minimum atomic E-state index is -0.845.